The number of pyridine rings is 1. The first-order valence-corrected chi connectivity index (χ1v) is 7.12. The third-order valence-corrected chi connectivity index (χ3v) is 4.49. The largest absolute Gasteiger partial charge is 0.352 e. The quantitative estimate of drug-likeness (QED) is 0.851. The molecule has 0 atom stereocenters. The van der Waals surface area contributed by atoms with E-state index in [9.17, 15) is 9.59 Å². The van der Waals surface area contributed by atoms with Gasteiger partial charge in [0.2, 0.25) is 5.91 Å². The monoisotopic (exact) mass is 290 g/mol. The van der Waals surface area contributed by atoms with Crippen LogP contribution in [0.3, 0.4) is 0 Å². The summed E-state index contributed by atoms with van der Waals surface area (Å²) < 4.78 is 0.919. The lowest BCUT2D eigenvalue weighted by atomic mass is 9.99. The van der Waals surface area contributed by atoms with Crippen molar-refractivity contribution in [3.8, 4) is 0 Å². The van der Waals surface area contributed by atoms with Gasteiger partial charge in [-0.3, -0.25) is 14.6 Å². The molecule has 1 fully saturated rings. The molecule has 2 aromatic heterocycles. The van der Waals surface area contributed by atoms with Crippen LogP contribution in [-0.4, -0.2) is 45.3 Å². The van der Waals surface area contributed by atoms with Crippen LogP contribution in [0.1, 0.15) is 23.6 Å². The van der Waals surface area contributed by atoms with E-state index in [1.807, 2.05) is 6.07 Å². The van der Waals surface area contributed by atoms with Crippen molar-refractivity contribution in [2.24, 2.45) is 0 Å². The Morgan fingerprint density at radius 1 is 1.50 bits per heavy atom. The Bertz CT molecular complexity index is 661. The van der Waals surface area contributed by atoms with Gasteiger partial charge in [-0.05, 0) is 19.9 Å². The van der Waals surface area contributed by atoms with E-state index in [1.54, 1.807) is 31.1 Å². The molecule has 104 valence electrons. The number of carbonyl (C=O) groups excluding carboxylic acids is 2. The van der Waals surface area contributed by atoms with Crippen LogP contribution < -0.4 is 5.32 Å². The first-order chi connectivity index (χ1) is 9.50. The summed E-state index contributed by atoms with van der Waals surface area (Å²) in [6.45, 7) is 4.45. The highest BCUT2D eigenvalue weighted by atomic mass is 32.1. The molecule has 1 aliphatic heterocycles. The van der Waals surface area contributed by atoms with E-state index < -0.39 is 5.54 Å². The standard InChI is InChI=1S/C13H14N4O2S/c1-13(2)12(19)15-5-6-17(13)11(18)10-16-8-7-14-4-3-9(8)20-10/h3-4,7H,5-6H2,1-2H3,(H,15,19). The molecule has 1 aliphatic rings. The Morgan fingerprint density at radius 2 is 2.30 bits per heavy atom. The van der Waals surface area contributed by atoms with Crippen molar-refractivity contribution in [3.05, 3.63) is 23.5 Å². The van der Waals surface area contributed by atoms with Gasteiger partial charge in [0, 0.05) is 19.3 Å². The lowest BCUT2D eigenvalue weighted by Crippen LogP contribution is -2.63. The second-order valence-electron chi connectivity index (χ2n) is 5.13. The molecule has 3 heterocycles. The molecule has 0 unspecified atom stereocenters. The molecule has 0 bridgehead atoms. The van der Waals surface area contributed by atoms with E-state index in [4.69, 9.17) is 0 Å². The molecule has 2 amide bonds. The molecule has 0 aromatic carbocycles. The average molecular weight is 290 g/mol. The number of piperazine rings is 1. The highest BCUT2D eigenvalue weighted by molar-refractivity contribution is 7.20. The fourth-order valence-electron chi connectivity index (χ4n) is 2.24. The minimum absolute atomic E-state index is 0.139. The minimum atomic E-state index is -0.856. The van der Waals surface area contributed by atoms with E-state index in [0.717, 1.165) is 4.70 Å². The van der Waals surface area contributed by atoms with Gasteiger partial charge >= 0.3 is 0 Å². The molecule has 6 nitrogen and oxygen atoms in total. The minimum Gasteiger partial charge on any atom is -0.352 e. The summed E-state index contributed by atoms with van der Waals surface area (Å²) >= 11 is 1.33. The van der Waals surface area contributed by atoms with E-state index >= 15 is 0 Å². The molecule has 1 N–H and O–H groups in total. The van der Waals surface area contributed by atoms with Gasteiger partial charge in [0.15, 0.2) is 5.01 Å². The molecule has 0 saturated carbocycles. The van der Waals surface area contributed by atoms with Gasteiger partial charge in [-0.2, -0.15) is 0 Å². The van der Waals surface area contributed by atoms with Crippen molar-refractivity contribution in [3.63, 3.8) is 0 Å². The Balaban J connectivity index is 1.97. The fraction of sp³-hybridized carbons (Fsp3) is 0.385. The normalized spacial score (nSPS) is 18.1. The zero-order chi connectivity index (χ0) is 14.3. The third-order valence-electron chi connectivity index (χ3n) is 3.47. The Hall–Kier alpha value is -2.02. The van der Waals surface area contributed by atoms with Crippen LogP contribution in [0.15, 0.2) is 18.5 Å². The van der Waals surface area contributed by atoms with Gasteiger partial charge in [-0.1, -0.05) is 0 Å². The lowest BCUT2D eigenvalue weighted by Gasteiger charge is -2.40. The van der Waals surface area contributed by atoms with Crippen molar-refractivity contribution in [2.75, 3.05) is 13.1 Å². The highest BCUT2D eigenvalue weighted by Gasteiger charge is 2.41. The number of hydrogen-bond donors (Lipinski definition) is 1. The van der Waals surface area contributed by atoms with Gasteiger partial charge in [-0.25, -0.2) is 4.98 Å². The van der Waals surface area contributed by atoms with Crippen molar-refractivity contribution in [1.82, 2.24) is 20.2 Å². The molecule has 7 heteroatoms. The van der Waals surface area contributed by atoms with Gasteiger partial charge < -0.3 is 10.2 Å². The second kappa shape index (κ2) is 4.52. The molecule has 1 saturated heterocycles. The Labute approximate surface area is 119 Å². The number of amides is 2. The molecule has 2 aromatic rings. The number of aromatic nitrogens is 2. The third kappa shape index (κ3) is 1.94. The van der Waals surface area contributed by atoms with E-state index in [0.29, 0.717) is 23.6 Å². The number of rotatable bonds is 1. The zero-order valence-electron chi connectivity index (χ0n) is 11.2. The van der Waals surface area contributed by atoms with Gasteiger partial charge in [-0.15, -0.1) is 11.3 Å². The van der Waals surface area contributed by atoms with Crippen LogP contribution in [0.25, 0.3) is 10.2 Å². The van der Waals surface area contributed by atoms with Crippen LogP contribution in [0.5, 0.6) is 0 Å². The predicted octanol–water partition coefficient (Wildman–Crippen LogP) is 1.04. The van der Waals surface area contributed by atoms with Gasteiger partial charge in [0.1, 0.15) is 11.1 Å². The predicted molar refractivity (Wildman–Crippen MR) is 75.5 cm³/mol. The average Bonchev–Trinajstić information content (AvgIpc) is 2.85. The van der Waals surface area contributed by atoms with Crippen molar-refractivity contribution >= 4 is 33.4 Å². The number of hydrogen-bond acceptors (Lipinski definition) is 5. The van der Waals surface area contributed by atoms with Crippen molar-refractivity contribution in [2.45, 2.75) is 19.4 Å². The molecule has 0 radical (unpaired) electrons. The lowest BCUT2D eigenvalue weighted by molar-refractivity contribution is -0.133. The Kier molecular flexibility index (Phi) is 2.93. The fourth-order valence-corrected chi connectivity index (χ4v) is 3.12. The van der Waals surface area contributed by atoms with Crippen molar-refractivity contribution in [1.29, 1.82) is 0 Å². The maximum Gasteiger partial charge on any atom is 0.283 e. The number of fused-ring (bicyclic) bond motifs is 1. The number of nitrogens with one attached hydrogen (secondary N) is 1. The highest BCUT2D eigenvalue weighted by Crippen LogP contribution is 2.25. The number of nitrogens with zero attached hydrogens (tertiary/aromatic N) is 3. The van der Waals surface area contributed by atoms with E-state index in [1.165, 1.54) is 11.3 Å². The van der Waals surface area contributed by atoms with Crippen LogP contribution in [0.4, 0.5) is 0 Å². The summed E-state index contributed by atoms with van der Waals surface area (Å²) in [6, 6.07) is 1.83. The van der Waals surface area contributed by atoms with Crippen LogP contribution in [-0.2, 0) is 4.79 Å². The molecule has 0 aliphatic carbocycles. The van der Waals surface area contributed by atoms with Crippen LogP contribution in [0, 0.1) is 0 Å². The van der Waals surface area contributed by atoms with Gasteiger partial charge in [0.05, 0.1) is 10.9 Å². The summed E-state index contributed by atoms with van der Waals surface area (Å²) in [4.78, 5) is 34.4. The van der Waals surface area contributed by atoms with Crippen LogP contribution >= 0.6 is 11.3 Å². The molecule has 20 heavy (non-hydrogen) atoms. The zero-order valence-corrected chi connectivity index (χ0v) is 12.0. The Morgan fingerprint density at radius 3 is 3.05 bits per heavy atom. The summed E-state index contributed by atoms with van der Waals surface area (Å²) in [5, 5.41) is 3.17. The molecule has 0 spiro atoms. The summed E-state index contributed by atoms with van der Waals surface area (Å²) in [5.74, 6) is -0.342. The SMILES string of the molecule is CC1(C)C(=O)NCCN1C(=O)c1nc2cnccc2s1. The first-order valence-electron chi connectivity index (χ1n) is 6.31. The summed E-state index contributed by atoms with van der Waals surface area (Å²) in [5.41, 5.74) is -0.147. The second-order valence-corrected chi connectivity index (χ2v) is 6.16. The molecular formula is C13H14N4O2S. The molecular weight excluding hydrogens is 276 g/mol. The summed E-state index contributed by atoms with van der Waals surface area (Å²) in [7, 11) is 0. The summed E-state index contributed by atoms with van der Waals surface area (Å²) in [6.07, 6.45) is 3.31. The van der Waals surface area contributed by atoms with Crippen LogP contribution in [0.2, 0.25) is 0 Å². The maximum absolute atomic E-state index is 12.6. The van der Waals surface area contributed by atoms with E-state index in [2.05, 4.69) is 15.3 Å². The molecule has 3 rings (SSSR count). The van der Waals surface area contributed by atoms with E-state index in [-0.39, 0.29) is 11.8 Å². The maximum atomic E-state index is 12.6. The van der Waals surface area contributed by atoms with Gasteiger partial charge in [0.25, 0.3) is 5.91 Å². The smallest absolute Gasteiger partial charge is 0.283 e. The number of carbonyl (C=O) groups is 2. The van der Waals surface area contributed by atoms with Crippen molar-refractivity contribution < 1.29 is 9.59 Å². The number of thiazole rings is 1. The first kappa shape index (κ1) is 13.0. The topological polar surface area (TPSA) is 75.2 Å².